The average molecular weight is 398 g/mol. The molecule has 1 spiro atoms. The molecule has 29 heavy (non-hydrogen) atoms. The molecule has 0 saturated carbocycles. The van der Waals surface area contributed by atoms with Crippen molar-refractivity contribution in [1.82, 2.24) is 14.9 Å². The van der Waals surface area contributed by atoms with Gasteiger partial charge in [0.15, 0.2) is 5.79 Å². The molecular formula is C21H26N4O4. The molecule has 8 nitrogen and oxygen atoms in total. The van der Waals surface area contributed by atoms with E-state index in [4.69, 9.17) is 14.2 Å². The number of ether oxygens (including phenoxy) is 3. The number of nitrogens with one attached hydrogen (secondary N) is 1. The van der Waals surface area contributed by atoms with Crippen molar-refractivity contribution >= 4 is 11.7 Å². The second-order valence-corrected chi connectivity index (χ2v) is 7.21. The van der Waals surface area contributed by atoms with Gasteiger partial charge in [0.2, 0.25) is 0 Å². The van der Waals surface area contributed by atoms with E-state index in [2.05, 4.69) is 21.4 Å². The molecule has 4 rings (SSSR count). The van der Waals surface area contributed by atoms with Crippen LogP contribution in [-0.4, -0.2) is 66.5 Å². The molecule has 1 N–H and O–H groups in total. The number of methoxy groups -OCH3 is 1. The SMILES string of the molecule is COc1cccc(CCNc2cnc(C(=O)N3CCC4(CC3)OCCO4)cn2)c1. The van der Waals surface area contributed by atoms with Crippen LogP contribution in [0.2, 0.25) is 0 Å². The van der Waals surface area contributed by atoms with Gasteiger partial charge in [0, 0.05) is 32.5 Å². The van der Waals surface area contributed by atoms with Crippen LogP contribution in [0.25, 0.3) is 0 Å². The van der Waals surface area contributed by atoms with Gasteiger partial charge in [0.25, 0.3) is 5.91 Å². The number of aromatic nitrogens is 2. The summed E-state index contributed by atoms with van der Waals surface area (Å²) in [5.74, 6) is 0.904. The molecule has 1 amide bonds. The number of hydrogen-bond acceptors (Lipinski definition) is 7. The predicted octanol–water partition coefficient (Wildman–Crippen LogP) is 2.12. The molecule has 2 aliphatic heterocycles. The van der Waals surface area contributed by atoms with Gasteiger partial charge >= 0.3 is 0 Å². The normalized spacial score (nSPS) is 18.0. The fraction of sp³-hybridized carbons (Fsp3) is 0.476. The average Bonchev–Trinajstić information content (AvgIpc) is 3.22. The number of hydrogen-bond donors (Lipinski definition) is 1. The van der Waals surface area contributed by atoms with Crippen LogP contribution >= 0.6 is 0 Å². The summed E-state index contributed by atoms with van der Waals surface area (Å²) in [6.07, 6.45) is 5.35. The monoisotopic (exact) mass is 398 g/mol. The van der Waals surface area contributed by atoms with Gasteiger partial charge in [-0.2, -0.15) is 0 Å². The number of piperidine rings is 1. The number of likely N-dealkylation sites (tertiary alicyclic amines) is 1. The molecule has 2 fully saturated rings. The van der Waals surface area contributed by atoms with Crippen LogP contribution in [-0.2, 0) is 15.9 Å². The molecule has 3 heterocycles. The molecule has 1 aromatic heterocycles. The van der Waals surface area contributed by atoms with Crippen LogP contribution in [0.5, 0.6) is 5.75 Å². The first-order valence-corrected chi connectivity index (χ1v) is 9.93. The summed E-state index contributed by atoms with van der Waals surface area (Å²) in [5.41, 5.74) is 1.53. The second-order valence-electron chi connectivity index (χ2n) is 7.21. The minimum atomic E-state index is -0.487. The zero-order chi connectivity index (χ0) is 20.1. The first kappa shape index (κ1) is 19.6. The van der Waals surface area contributed by atoms with Gasteiger partial charge in [-0.3, -0.25) is 4.79 Å². The van der Waals surface area contributed by atoms with Crippen molar-refractivity contribution < 1.29 is 19.0 Å². The van der Waals surface area contributed by atoms with Crippen molar-refractivity contribution in [3.05, 3.63) is 47.9 Å². The summed E-state index contributed by atoms with van der Waals surface area (Å²) < 4.78 is 16.7. The van der Waals surface area contributed by atoms with Crippen LogP contribution in [0.3, 0.4) is 0 Å². The van der Waals surface area contributed by atoms with E-state index in [-0.39, 0.29) is 5.91 Å². The Hall–Kier alpha value is -2.71. The Labute approximate surface area is 170 Å². The van der Waals surface area contributed by atoms with Crippen LogP contribution < -0.4 is 10.1 Å². The molecule has 2 aromatic rings. The van der Waals surface area contributed by atoms with Gasteiger partial charge in [-0.1, -0.05) is 12.1 Å². The van der Waals surface area contributed by atoms with E-state index in [1.165, 1.54) is 11.8 Å². The van der Waals surface area contributed by atoms with Crippen molar-refractivity contribution in [2.45, 2.75) is 25.0 Å². The summed E-state index contributed by atoms with van der Waals surface area (Å²) in [6, 6.07) is 7.97. The Morgan fingerprint density at radius 3 is 2.69 bits per heavy atom. The van der Waals surface area contributed by atoms with Gasteiger partial charge in [0.05, 0.1) is 32.7 Å². The standard InChI is InChI=1S/C21H26N4O4/c1-27-17-4-2-3-16(13-17)5-8-22-19-15-23-18(14-24-19)20(26)25-9-6-21(7-10-25)28-11-12-29-21/h2-4,13-15H,5-12H2,1H3,(H,22,24). The predicted molar refractivity (Wildman–Crippen MR) is 107 cm³/mol. The third-order valence-corrected chi connectivity index (χ3v) is 5.35. The van der Waals surface area contributed by atoms with E-state index in [1.807, 2.05) is 18.2 Å². The Morgan fingerprint density at radius 1 is 1.21 bits per heavy atom. The van der Waals surface area contributed by atoms with Crippen LogP contribution in [0.4, 0.5) is 5.82 Å². The zero-order valence-electron chi connectivity index (χ0n) is 16.6. The van der Waals surface area contributed by atoms with Crippen molar-refractivity contribution in [1.29, 1.82) is 0 Å². The first-order valence-electron chi connectivity index (χ1n) is 9.93. The second kappa shape index (κ2) is 8.75. The zero-order valence-corrected chi connectivity index (χ0v) is 16.6. The molecule has 1 aromatic carbocycles. The lowest BCUT2D eigenvalue weighted by Crippen LogP contribution is -2.47. The topological polar surface area (TPSA) is 85.8 Å². The number of carbonyl (C=O) groups is 1. The Kier molecular flexibility index (Phi) is 5.92. The highest BCUT2D eigenvalue weighted by Crippen LogP contribution is 2.31. The lowest BCUT2D eigenvalue weighted by Gasteiger charge is -2.37. The van der Waals surface area contributed by atoms with Crippen LogP contribution in [0.1, 0.15) is 28.9 Å². The number of rotatable bonds is 6. The van der Waals surface area contributed by atoms with Gasteiger partial charge in [-0.25, -0.2) is 9.97 Å². The molecule has 0 bridgehead atoms. The van der Waals surface area contributed by atoms with Gasteiger partial charge in [-0.05, 0) is 24.1 Å². The van der Waals surface area contributed by atoms with Crippen molar-refractivity contribution in [2.24, 2.45) is 0 Å². The maximum atomic E-state index is 12.7. The maximum absolute atomic E-state index is 12.7. The highest BCUT2D eigenvalue weighted by Gasteiger charge is 2.41. The number of carbonyl (C=O) groups excluding carboxylic acids is 1. The highest BCUT2D eigenvalue weighted by atomic mass is 16.7. The molecule has 2 aliphatic rings. The van der Waals surface area contributed by atoms with E-state index >= 15 is 0 Å². The lowest BCUT2D eigenvalue weighted by atomic mass is 10.0. The van der Waals surface area contributed by atoms with Crippen LogP contribution in [0.15, 0.2) is 36.7 Å². The molecule has 8 heteroatoms. The summed E-state index contributed by atoms with van der Waals surface area (Å²) >= 11 is 0. The number of nitrogens with zero attached hydrogens (tertiary/aromatic N) is 3. The van der Waals surface area contributed by atoms with Crippen molar-refractivity contribution in [2.75, 3.05) is 45.3 Å². The number of amides is 1. The van der Waals surface area contributed by atoms with Gasteiger partial charge in [0.1, 0.15) is 17.3 Å². The molecule has 0 radical (unpaired) electrons. The van der Waals surface area contributed by atoms with E-state index in [9.17, 15) is 4.79 Å². The Morgan fingerprint density at radius 2 is 2.00 bits per heavy atom. The smallest absolute Gasteiger partial charge is 0.274 e. The summed E-state index contributed by atoms with van der Waals surface area (Å²) in [5, 5.41) is 3.24. The quantitative estimate of drug-likeness (QED) is 0.798. The molecular weight excluding hydrogens is 372 g/mol. The Bertz CT molecular complexity index is 827. The van der Waals surface area contributed by atoms with Crippen LogP contribution in [0, 0.1) is 0 Å². The highest BCUT2D eigenvalue weighted by molar-refractivity contribution is 5.92. The van der Waals surface area contributed by atoms with Gasteiger partial charge in [-0.15, -0.1) is 0 Å². The number of anilines is 1. The van der Waals surface area contributed by atoms with E-state index < -0.39 is 5.79 Å². The summed E-state index contributed by atoms with van der Waals surface area (Å²) in [4.78, 5) is 23.1. The molecule has 0 unspecified atom stereocenters. The number of benzene rings is 1. The molecule has 2 saturated heterocycles. The van der Waals surface area contributed by atoms with Crippen molar-refractivity contribution in [3.8, 4) is 5.75 Å². The minimum Gasteiger partial charge on any atom is -0.497 e. The summed E-state index contributed by atoms with van der Waals surface area (Å²) in [7, 11) is 1.66. The van der Waals surface area contributed by atoms with E-state index in [0.717, 1.165) is 12.2 Å². The molecule has 154 valence electrons. The third kappa shape index (κ3) is 4.65. The van der Waals surface area contributed by atoms with Crippen molar-refractivity contribution in [3.63, 3.8) is 0 Å². The van der Waals surface area contributed by atoms with E-state index in [0.29, 0.717) is 57.2 Å². The minimum absolute atomic E-state index is 0.103. The van der Waals surface area contributed by atoms with Gasteiger partial charge < -0.3 is 24.4 Å². The van der Waals surface area contributed by atoms with E-state index in [1.54, 1.807) is 18.2 Å². The lowest BCUT2D eigenvalue weighted by molar-refractivity contribution is -0.181. The molecule has 0 aliphatic carbocycles. The maximum Gasteiger partial charge on any atom is 0.274 e. The fourth-order valence-corrected chi connectivity index (χ4v) is 3.69. The summed E-state index contributed by atoms with van der Waals surface area (Å²) in [6.45, 7) is 3.17. The fourth-order valence-electron chi connectivity index (χ4n) is 3.69. The third-order valence-electron chi connectivity index (χ3n) is 5.35. The first-order chi connectivity index (χ1) is 14.2. The molecule has 0 atom stereocenters. The largest absolute Gasteiger partial charge is 0.497 e. The Balaban J connectivity index is 1.27.